The molecule has 4 heteroatoms. The summed E-state index contributed by atoms with van der Waals surface area (Å²) in [5.41, 5.74) is 1.67. The summed E-state index contributed by atoms with van der Waals surface area (Å²) in [6.07, 6.45) is 5.51. The molecule has 1 N–H and O–H groups in total. The van der Waals surface area contributed by atoms with E-state index in [1.54, 1.807) is 17.5 Å². The van der Waals surface area contributed by atoms with Crippen molar-refractivity contribution in [2.75, 3.05) is 13.1 Å². The van der Waals surface area contributed by atoms with E-state index in [9.17, 15) is 5.11 Å². The third kappa shape index (κ3) is 2.73. The number of hydrogen-bond acceptors (Lipinski definition) is 4. The molecule has 3 aromatic rings. The van der Waals surface area contributed by atoms with Gasteiger partial charge in [-0.15, -0.1) is 11.3 Å². The lowest BCUT2D eigenvalue weighted by molar-refractivity contribution is 0.187. The summed E-state index contributed by atoms with van der Waals surface area (Å²) in [5.74, 6) is 0.326. The zero-order valence-electron chi connectivity index (χ0n) is 13.0. The Balaban J connectivity index is 1.84. The van der Waals surface area contributed by atoms with Crippen LogP contribution >= 0.6 is 11.3 Å². The van der Waals surface area contributed by atoms with Crippen LogP contribution in [0.1, 0.15) is 35.7 Å². The van der Waals surface area contributed by atoms with Gasteiger partial charge in [0.25, 0.3) is 0 Å². The number of benzene rings is 1. The quantitative estimate of drug-likeness (QED) is 0.766. The number of thiophene rings is 1. The number of rotatable bonds is 3. The van der Waals surface area contributed by atoms with Gasteiger partial charge in [0.1, 0.15) is 11.3 Å². The number of nitrogens with zero attached hydrogens (tertiary/aromatic N) is 2. The number of aromatic hydroxyl groups is 1. The van der Waals surface area contributed by atoms with Crippen LogP contribution in [0.5, 0.6) is 5.75 Å². The lowest BCUT2D eigenvalue weighted by atomic mass is 9.98. The van der Waals surface area contributed by atoms with Crippen LogP contribution in [-0.4, -0.2) is 28.1 Å². The second-order valence-electron chi connectivity index (χ2n) is 6.09. The van der Waals surface area contributed by atoms with E-state index in [2.05, 4.69) is 39.5 Å². The third-order valence-corrected chi connectivity index (χ3v) is 5.57. The van der Waals surface area contributed by atoms with Crippen molar-refractivity contribution in [1.29, 1.82) is 0 Å². The molecule has 0 amide bonds. The fraction of sp³-hybridized carbons (Fsp3) is 0.316. The molecule has 0 saturated carbocycles. The molecule has 1 aromatic carbocycles. The molecule has 0 spiro atoms. The van der Waals surface area contributed by atoms with Gasteiger partial charge < -0.3 is 5.11 Å². The molecule has 1 fully saturated rings. The molecule has 118 valence electrons. The van der Waals surface area contributed by atoms with Gasteiger partial charge >= 0.3 is 0 Å². The zero-order valence-corrected chi connectivity index (χ0v) is 13.8. The van der Waals surface area contributed by atoms with Crippen LogP contribution in [0, 0.1) is 0 Å². The molecule has 23 heavy (non-hydrogen) atoms. The van der Waals surface area contributed by atoms with E-state index < -0.39 is 0 Å². The molecule has 0 aliphatic carbocycles. The number of hydrogen-bond donors (Lipinski definition) is 1. The van der Waals surface area contributed by atoms with Crippen LogP contribution in [0.15, 0.2) is 48.0 Å². The molecule has 1 unspecified atom stereocenters. The van der Waals surface area contributed by atoms with Gasteiger partial charge in [-0.05, 0) is 43.4 Å². The fourth-order valence-electron chi connectivity index (χ4n) is 3.52. The molecule has 3 heterocycles. The van der Waals surface area contributed by atoms with Crippen molar-refractivity contribution in [2.45, 2.75) is 25.3 Å². The number of aromatic nitrogens is 1. The minimum absolute atomic E-state index is 0.127. The van der Waals surface area contributed by atoms with Gasteiger partial charge in [0.05, 0.1) is 6.04 Å². The van der Waals surface area contributed by atoms with Crippen molar-refractivity contribution in [3.05, 3.63) is 58.4 Å². The highest BCUT2D eigenvalue weighted by Crippen LogP contribution is 2.40. The SMILES string of the molecule is Oc1c(C(c2cccs2)N2CCCCC2)ccc2cccnc12. The summed E-state index contributed by atoms with van der Waals surface area (Å²) in [4.78, 5) is 8.17. The number of piperidine rings is 1. The molecule has 1 aliphatic rings. The Morgan fingerprint density at radius 1 is 1.04 bits per heavy atom. The van der Waals surface area contributed by atoms with Gasteiger partial charge in [-0.1, -0.05) is 30.7 Å². The van der Waals surface area contributed by atoms with Crippen molar-refractivity contribution in [2.24, 2.45) is 0 Å². The number of phenols is 1. The van der Waals surface area contributed by atoms with Crippen LogP contribution in [0.3, 0.4) is 0 Å². The smallest absolute Gasteiger partial charge is 0.146 e. The standard InChI is InChI=1S/C19H20N2OS/c22-19-15(9-8-14-6-4-10-20-17(14)19)18(16-7-5-13-23-16)21-11-2-1-3-12-21/h4-10,13,18,22H,1-3,11-12H2. The summed E-state index contributed by atoms with van der Waals surface area (Å²) < 4.78 is 0. The average Bonchev–Trinajstić information content (AvgIpc) is 3.13. The number of pyridine rings is 1. The van der Waals surface area contributed by atoms with Crippen LogP contribution in [0.2, 0.25) is 0 Å². The van der Waals surface area contributed by atoms with Crippen molar-refractivity contribution in [3.8, 4) is 5.75 Å². The predicted molar refractivity (Wildman–Crippen MR) is 95.0 cm³/mol. The Labute approximate surface area is 140 Å². The summed E-state index contributed by atoms with van der Waals surface area (Å²) in [6, 6.07) is 12.4. The predicted octanol–water partition coefficient (Wildman–Crippen LogP) is 4.58. The molecule has 1 saturated heterocycles. The third-order valence-electron chi connectivity index (χ3n) is 4.64. The highest BCUT2D eigenvalue weighted by molar-refractivity contribution is 7.10. The highest BCUT2D eigenvalue weighted by Gasteiger charge is 2.27. The molecule has 3 nitrogen and oxygen atoms in total. The largest absolute Gasteiger partial charge is 0.505 e. The first-order chi connectivity index (χ1) is 11.3. The van der Waals surface area contributed by atoms with E-state index in [4.69, 9.17) is 0 Å². The molecular formula is C19H20N2OS. The van der Waals surface area contributed by atoms with Crippen molar-refractivity contribution >= 4 is 22.2 Å². The maximum absolute atomic E-state index is 10.9. The number of likely N-dealkylation sites (tertiary alicyclic amines) is 1. The van der Waals surface area contributed by atoms with Gasteiger partial charge in [-0.25, -0.2) is 0 Å². The summed E-state index contributed by atoms with van der Waals surface area (Å²) in [5, 5.41) is 14.0. The Hall–Kier alpha value is -1.91. The van der Waals surface area contributed by atoms with Crippen LogP contribution < -0.4 is 0 Å². The summed E-state index contributed by atoms with van der Waals surface area (Å²) in [7, 11) is 0. The Morgan fingerprint density at radius 3 is 2.70 bits per heavy atom. The molecule has 4 rings (SSSR count). The second-order valence-corrected chi connectivity index (χ2v) is 7.07. The Kier molecular flexibility index (Phi) is 4.02. The van der Waals surface area contributed by atoms with Crippen molar-refractivity contribution in [3.63, 3.8) is 0 Å². The van der Waals surface area contributed by atoms with Gasteiger partial charge in [0.15, 0.2) is 0 Å². The fourth-order valence-corrected chi connectivity index (χ4v) is 4.40. The molecule has 1 atom stereocenters. The lowest BCUT2D eigenvalue weighted by Crippen LogP contribution is -2.34. The van der Waals surface area contributed by atoms with E-state index in [0.717, 1.165) is 24.0 Å². The lowest BCUT2D eigenvalue weighted by Gasteiger charge is -2.34. The highest BCUT2D eigenvalue weighted by atomic mass is 32.1. The van der Waals surface area contributed by atoms with Gasteiger partial charge in [0.2, 0.25) is 0 Å². The Bertz CT molecular complexity index is 794. The summed E-state index contributed by atoms with van der Waals surface area (Å²) >= 11 is 1.76. The molecular weight excluding hydrogens is 304 g/mol. The molecule has 0 bridgehead atoms. The van der Waals surface area contributed by atoms with Crippen molar-refractivity contribution in [1.82, 2.24) is 9.88 Å². The zero-order chi connectivity index (χ0) is 15.6. The van der Waals surface area contributed by atoms with Gasteiger partial charge in [-0.3, -0.25) is 9.88 Å². The van der Waals surface area contributed by atoms with E-state index in [-0.39, 0.29) is 6.04 Å². The molecule has 1 aliphatic heterocycles. The minimum atomic E-state index is 0.127. The van der Waals surface area contributed by atoms with Crippen molar-refractivity contribution < 1.29 is 5.11 Å². The maximum atomic E-state index is 10.9. The van der Waals surface area contributed by atoms with E-state index in [1.165, 1.54) is 24.1 Å². The first kappa shape index (κ1) is 14.7. The molecule has 2 aromatic heterocycles. The van der Waals surface area contributed by atoms with Crippen LogP contribution in [0.25, 0.3) is 10.9 Å². The Morgan fingerprint density at radius 2 is 1.91 bits per heavy atom. The van der Waals surface area contributed by atoms with Gasteiger partial charge in [0, 0.05) is 22.0 Å². The van der Waals surface area contributed by atoms with E-state index in [1.807, 2.05) is 12.1 Å². The average molecular weight is 324 g/mol. The van der Waals surface area contributed by atoms with E-state index >= 15 is 0 Å². The number of fused-ring (bicyclic) bond motifs is 1. The molecule has 0 radical (unpaired) electrons. The first-order valence-electron chi connectivity index (χ1n) is 8.18. The first-order valence-corrected chi connectivity index (χ1v) is 9.06. The number of phenolic OH excluding ortho intramolecular Hbond substituents is 1. The van der Waals surface area contributed by atoms with Crippen LogP contribution in [-0.2, 0) is 0 Å². The van der Waals surface area contributed by atoms with E-state index in [0.29, 0.717) is 11.3 Å². The monoisotopic (exact) mass is 324 g/mol. The van der Waals surface area contributed by atoms with Crippen LogP contribution in [0.4, 0.5) is 0 Å². The van der Waals surface area contributed by atoms with Gasteiger partial charge in [-0.2, -0.15) is 0 Å². The minimum Gasteiger partial charge on any atom is -0.505 e. The normalized spacial score (nSPS) is 17.4. The topological polar surface area (TPSA) is 36.4 Å². The summed E-state index contributed by atoms with van der Waals surface area (Å²) in [6.45, 7) is 2.17. The maximum Gasteiger partial charge on any atom is 0.146 e. The second kappa shape index (κ2) is 6.30.